The first kappa shape index (κ1) is 23.6. The average molecular weight is 489 g/mol. The van der Waals surface area contributed by atoms with Crippen LogP contribution in [0.2, 0.25) is 5.02 Å². The fourth-order valence-electron chi connectivity index (χ4n) is 3.60. The lowest BCUT2D eigenvalue weighted by Crippen LogP contribution is -2.37. The van der Waals surface area contributed by atoms with E-state index in [4.69, 9.17) is 21.8 Å². The summed E-state index contributed by atoms with van der Waals surface area (Å²) in [6, 6.07) is 25.5. The number of hydrogen-bond donors (Lipinski definition) is 0. The number of nitriles is 1. The second kappa shape index (κ2) is 10.6. The molecule has 0 N–H and O–H groups in total. The highest BCUT2D eigenvalue weighted by Gasteiger charge is 2.25. The molecule has 34 heavy (non-hydrogen) atoms. The molecule has 1 aromatic heterocycles. The van der Waals surface area contributed by atoms with Crippen molar-refractivity contribution in [1.29, 1.82) is 5.26 Å². The number of para-hydroxylation sites is 3. The molecule has 0 aliphatic rings. The van der Waals surface area contributed by atoms with Crippen molar-refractivity contribution in [2.24, 2.45) is 0 Å². The van der Waals surface area contributed by atoms with Crippen LogP contribution in [0.4, 0.5) is 5.69 Å². The number of anilines is 1. The van der Waals surface area contributed by atoms with Crippen LogP contribution in [0.15, 0.2) is 88.8 Å². The van der Waals surface area contributed by atoms with Crippen molar-refractivity contribution in [3.8, 4) is 11.8 Å². The third-order valence-corrected chi connectivity index (χ3v) is 6.61. The van der Waals surface area contributed by atoms with E-state index in [9.17, 15) is 9.59 Å². The highest BCUT2D eigenvalue weighted by molar-refractivity contribution is 8.00. The third-order valence-electron chi connectivity index (χ3n) is 5.25. The number of nitrogens with zero attached hydrogens (tertiary/aromatic N) is 4. The Morgan fingerprint density at radius 3 is 2.50 bits per heavy atom. The van der Waals surface area contributed by atoms with E-state index in [1.165, 1.54) is 16.3 Å². The Morgan fingerprint density at radius 2 is 1.76 bits per heavy atom. The largest absolute Gasteiger partial charge is 0.310 e. The molecule has 1 heterocycles. The van der Waals surface area contributed by atoms with Gasteiger partial charge in [0.05, 0.1) is 39.4 Å². The predicted octanol–water partition coefficient (Wildman–Crippen LogP) is 5.47. The van der Waals surface area contributed by atoms with Crippen LogP contribution in [0.5, 0.6) is 0 Å². The summed E-state index contributed by atoms with van der Waals surface area (Å²) >= 11 is 7.62. The number of amides is 1. The number of benzene rings is 3. The Labute approximate surface area is 206 Å². The van der Waals surface area contributed by atoms with Crippen LogP contribution < -0.4 is 10.5 Å². The second-order valence-corrected chi connectivity index (χ2v) is 9.21. The SMILES string of the molecule is C[C@H](Sc1nc2ccccc2c(=O)n1-c1ccccc1Cl)C(=O)N(CCC#N)c1ccccc1. The molecule has 0 radical (unpaired) electrons. The summed E-state index contributed by atoms with van der Waals surface area (Å²) in [6.45, 7) is 2.04. The molecule has 0 aliphatic carbocycles. The fraction of sp³-hybridized carbons (Fsp3) is 0.154. The van der Waals surface area contributed by atoms with E-state index in [1.807, 2.05) is 36.4 Å². The topological polar surface area (TPSA) is 79.0 Å². The highest BCUT2D eigenvalue weighted by Crippen LogP contribution is 2.29. The zero-order valence-corrected chi connectivity index (χ0v) is 20.0. The summed E-state index contributed by atoms with van der Waals surface area (Å²) in [4.78, 5) is 33.3. The summed E-state index contributed by atoms with van der Waals surface area (Å²) in [5.74, 6) is -0.181. The third kappa shape index (κ3) is 4.84. The van der Waals surface area contributed by atoms with Gasteiger partial charge in [0.15, 0.2) is 5.16 Å². The molecule has 3 aromatic carbocycles. The summed E-state index contributed by atoms with van der Waals surface area (Å²) in [5.41, 5.74) is 1.50. The molecular weight excluding hydrogens is 468 g/mol. The van der Waals surface area contributed by atoms with Crippen LogP contribution in [-0.2, 0) is 4.79 Å². The summed E-state index contributed by atoms with van der Waals surface area (Å²) in [6.07, 6.45) is 0.205. The van der Waals surface area contributed by atoms with E-state index in [0.717, 1.165) is 0 Å². The van der Waals surface area contributed by atoms with E-state index in [2.05, 4.69) is 6.07 Å². The van der Waals surface area contributed by atoms with Crippen LogP contribution in [-0.4, -0.2) is 27.3 Å². The van der Waals surface area contributed by atoms with E-state index >= 15 is 0 Å². The summed E-state index contributed by atoms with van der Waals surface area (Å²) in [7, 11) is 0. The first-order valence-corrected chi connectivity index (χ1v) is 11.9. The van der Waals surface area contributed by atoms with Gasteiger partial charge in [-0.2, -0.15) is 5.26 Å². The van der Waals surface area contributed by atoms with E-state index < -0.39 is 5.25 Å². The first-order valence-electron chi connectivity index (χ1n) is 10.7. The monoisotopic (exact) mass is 488 g/mol. The molecule has 1 amide bonds. The Morgan fingerprint density at radius 1 is 1.09 bits per heavy atom. The smallest absolute Gasteiger partial charge is 0.266 e. The molecule has 6 nitrogen and oxygen atoms in total. The Kier molecular flexibility index (Phi) is 7.31. The van der Waals surface area contributed by atoms with Crippen LogP contribution in [0.25, 0.3) is 16.6 Å². The molecule has 0 bridgehead atoms. The van der Waals surface area contributed by atoms with Gasteiger partial charge in [0.1, 0.15) is 0 Å². The molecule has 0 unspecified atom stereocenters. The van der Waals surface area contributed by atoms with E-state index in [-0.39, 0.29) is 24.4 Å². The molecule has 170 valence electrons. The number of carbonyl (C=O) groups is 1. The van der Waals surface area contributed by atoms with Crippen LogP contribution in [0, 0.1) is 11.3 Å². The molecule has 0 saturated carbocycles. The molecule has 0 spiro atoms. The molecule has 0 fully saturated rings. The molecule has 8 heteroatoms. The zero-order chi connectivity index (χ0) is 24.1. The van der Waals surface area contributed by atoms with Gasteiger partial charge >= 0.3 is 0 Å². The van der Waals surface area contributed by atoms with Crippen molar-refractivity contribution < 1.29 is 4.79 Å². The van der Waals surface area contributed by atoms with Gasteiger partial charge in [-0.05, 0) is 43.3 Å². The lowest BCUT2D eigenvalue weighted by Gasteiger charge is -2.25. The van der Waals surface area contributed by atoms with Crippen molar-refractivity contribution in [3.63, 3.8) is 0 Å². The molecule has 0 saturated heterocycles. The van der Waals surface area contributed by atoms with Gasteiger partial charge in [-0.15, -0.1) is 0 Å². The maximum atomic E-state index is 13.5. The van der Waals surface area contributed by atoms with Gasteiger partial charge < -0.3 is 4.90 Å². The molecule has 4 aromatic rings. The molecule has 4 rings (SSSR count). The van der Waals surface area contributed by atoms with E-state index in [0.29, 0.717) is 32.5 Å². The van der Waals surface area contributed by atoms with Gasteiger partial charge in [-0.1, -0.05) is 65.8 Å². The van der Waals surface area contributed by atoms with Crippen molar-refractivity contribution in [3.05, 3.63) is 94.2 Å². The quantitative estimate of drug-likeness (QED) is 0.255. The Hall–Kier alpha value is -3.60. The van der Waals surface area contributed by atoms with Gasteiger partial charge in [0.2, 0.25) is 5.91 Å². The van der Waals surface area contributed by atoms with Crippen molar-refractivity contribution in [2.75, 3.05) is 11.4 Å². The minimum atomic E-state index is -0.583. The van der Waals surface area contributed by atoms with Crippen LogP contribution >= 0.6 is 23.4 Å². The number of thioether (sulfide) groups is 1. The summed E-state index contributed by atoms with van der Waals surface area (Å²) < 4.78 is 1.46. The lowest BCUT2D eigenvalue weighted by molar-refractivity contribution is -0.117. The van der Waals surface area contributed by atoms with Crippen LogP contribution in [0.1, 0.15) is 13.3 Å². The first-order chi connectivity index (χ1) is 16.5. The second-order valence-electron chi connectivity index (χ2n) is 7.50. The highest BCUT2D eigenvalue weighted by atomic mass is 35.5. The lowest BCUT2D eigenvalue weighted by atomic mass is 10.2. The van der Waals surface area contributed by atoms with Crippen LogP contribution in [0.3, 0.4) is 0 Å². The maximum absolute atomic E-state index is 13.5. The Balaban J connectivity index is 1.77. The van der Waals surface area contributed by atoms with Gasteiger partial charge in [0, 0.05) is 12.2 Å². The number of carbonyl (C=O) groups excluding carboxylic acids is 1. The summed E-state index contributed by atoms with van der Waals surface area (Å²) in [5, 5.41) is 9.74. The predicted molar refractivity (Wildman–Crippen MR) is 137 cm³/mol. The number of aromatic nitrogens is 2. The molecule has 0 aliphatic heterocycles. The molecular formula is C26H21ClN4O2S. The van der Waals surface area contributed by atoms with E-state index in [1.54, 1.807) is 54.3 Å². The number of fused-ring (bicyclic) bond motifs is 1. The van der Waals surface area contributed by atoms with Crippen molar-refractivity contribution >= 4 is 45.9 Å². The van der Waals surface area contributed by atoms with Gasteiger partial charge in [-0.3, -0.25) is 14.2 Å². The van der Waals surface area contributed by atoms with Gasteiger partial charge in [-0.25, -0.2) is 4.98 Å². The fourth-order valence-corrected chi connectivity index (χ4v) is 4.80. The average Bonchev–Trinajstić information content (AvgIpc) is 2.86. The maximum Gasteiger partial charge on any atom is 0.266 e. The minimum Gasteiger partial charge on any atom is -0.310 e. The zero-order valence-electron chi connectivity index (χ0n) is 18.4. The normalized spacial score (nSPS) is 11.7. The van der Waals surface area contributed by atoms with Crippen molar-refractivity contribution in [2.45, 2.75) is 23.8 Å². The minimum absolute atomic E-state index is 0.181. The number of hydrogen-bond acceptors (Lipinski definition) is 5. The molecule has 1 atom stereocenters. The van der Waals surface area contributed by atoms with Gasteiger partial charge in [0.25, 0.3) is 5.56 Å². The standard InChI is InChI=1S/C26H21ClN4O2S/c1-18(24(32)30(17-9-16-28)19-10-3-2-4-11-19)34-26-29-22-14-7-5-12-20(22)25(33)31(26)23-15-8-6-13-21(23)27/h2-8,10-15,18H,9,17H2,1H3/t18-/m0/s1. The number of halogens is 1. The number of rotatable bonds is 7. The Bertz CT molecular complexity index is 1430. The van der Waals surface area contributed by atoms with Crippen molar-refractivity contribution in [1.82, 2.24) is 9.55 Å².